The van der Waals surface area contributed by atoms with Crippen molar-refractivity contribution < 1.29 is 23.4 Å². The molecule has 7 heteroatoms. The van der Waals surface area contributed by atoms with E-state index in [1.807, 2.05) is 50.5 Å². The number of methoxy groups -OCH3 is 1. The summed E-state index contributed by atoms with van der Waals surface area (Å²) in [6.45, 7) is 1.81. The highest BCUT2D eigenvalue weighted by Crippen LogP contribution is 2.27. The van der Waals surface area contributed by atoms with Crippen molar-refractivity contribution in [3.63, 3.8) is 0 Å². The molecule has 0 fully saturated rings. The van der Waals surface area contributed by atoms with Crippen molar-refractivity contribution in [2.24, 2.45) is 0 Å². The molecule has 3 aromatic rings. The second kappa shape index (κ2) is 11.1. The summed E-state index contributed by atoms with van der Waals surface area (Å²) in [4.78, 5) is 14.6. The van der Waals surface area contributed by atoms with Crippen molar-refractivity contribution >= 4 is 11.6 Å². The third-order valence-corrected chi connectivity index (χ3v) is 4.46. The molecule has 0 aliphatic heterocycles. The highest BCUT2D eigenvalue weighted by Gasteiger charge is 2.13. The Bertz CT molecular complexity index is 966. The average molecular weight is 424 g/mol. The number of para-hydroxylation sites is 2. The fourth-order valence-electron chi connectivity index (χ4n) is 2.86. The minimum absolute atomic E-state index is 0.188. The number of carbonyl (C=O) groups excluding carboxylic acids is 1. The monoisotopic (exact) mass is 424 g/mol. The summed E-state index contributed by atoms with van der Waals surface area (Å²) in [5.74, 6) is 2.43. The SMILES string of the molecule is COc1ccccc1OCc1ccc(C(=O)Nc2ccc(OCCCN(C)C)cc2)o1. The van der Waals surface area contributed by atoms with E-state index in [1.165, 1.54) is 0 Å². The second-order valence-electron chi connectivity index (χ2n) is 7.19. The first kappa shape index (κ1) is 22.2. The molecule has 1 N–H and O–H groups in total. The van der Waals surface area contributed by atoms with Crippen molar-refractivity contribution in [2.45, 2.75) is 13.0 Å². The molecule has 3 rings (SSSR count). The first-order valence-corrected chi connectivity index (χ1v) is 10.1. The molecule has 0 unspecified atom stereocenters. The molecule has 7 nitrogen and oxygen atoms in total. The summed E-state index contributed by atoms with van der Waals surface area (Å²) >= 11 is 0. The number of hydrogen-bond acceptors (Lipinski definition) is 6. The molecule has 0 atom stereocenters. The number of anilines is 1. The van der Waals surface area contributed by atoms with Crippen LogP contribution in [0.5, 0.6) is 17.2 Å². The summed E-state index contributed by atoms with van der Waals surface area (Å²) in [7, 11) is 5.65. The van der Waals surface area contributed by atoms with Gasteiger partial charge in [-0.1, -0.05) is 12.1 Å². The third kappa shape index (κ3) is 6.79. The zero-order valence-electron chi connectivity index (χ0n) is 18.1. The minimum atomic E-state index is -0.330. The average Bonchev–Trinajstić information content (AvgIpc) is 3.26. The quantitative estimate of drug-likeness (QED) is 0.459. The van der Waals surface area contributed by atoms with Crippen LogP contribution in [0.3, 0.4) is 0 Å². The van der Waals surface area contributed by atoms with Crippen molar-refractivity contribution in [3.05, 3.63) is 72.2 Å². The second-order valence-corrected chi connectivity index (χ2v) is 7.19. The summed E-state index contributed by atoms with van der Waals surface area (Å²) in [5.41, 5.74) is 0.661. The molecule has 0 radical (unpaired) electrons. The Morgan fingerprint density at radius 1 is 0.968 bits per heavy atom. The van der Waals surface area contributed by atoms with Gasteiger partial charge in [-0.2, -0.15) is 0 Å². The Morgan fingerprint density at radius 3 is 2.42 bits per heavy atom. The van der Waals surface area contributed by atoms with Crippen LogP contribution >= 0.6 is 0 Å². The van der Waals surface area contributed by atoms with Crippen LogP contribution in [0.1, 0.15) is 22.7 Å². The minimum Gasteiger partial charge on any atom is -0.494 e. The highest BCUT2D eigenvalue weighted by molar-refractivity contribution is 6.02. The maximum absolute atomic E-state index is 12.5. The van der Waals surface area contributed by atoms with Crippen molar-refractivity contribution in [1.82, 2.24) is 4.90 Å². The lowest BCUT2D eigenvalue weighted by Gasteiger charge is -2.11. The zero-order valence-corrected chi connectivity index (χ0v) is 18.1. The first-order chi connectivity index (χ1) is 15.0. The van der Waals surface area contributed by atoms with Crippen molar-refractivity contribution in [1.29, 1.82) is 0 Å². The van der Waals surface area contributed by atoms with E-state index in [9.17, 15) is 4.79 Å². The zero-order chi connectivity index (χ0) is 22.1. The first-order valence-electron chi connectivity index (χ1n) is 10.1. The van der Waals surface area contributed by atoms with Crippen LogP contribution in [0.25, 0.3) is 0 Å². The van der Waals surface area contributed by atoms with E-state index in [0.717, 1.165) is 18.7 Å². The fraction of sp³-hybridized carbons (Fsp3) is 0.292. The van der Waals surface area contributed by atoms with Crippen LogP contribution in [-0.2, 0) is 6.61 Å². The van der Waals surface area contributed by atoms with Gasteiger partial charge in [0.15, 0.2) is 17.3 Å². The molecule has 164 valence electrons. The van der Waals surface area contributed by atoms with E-state index in [-0.39, 0.29) is 18.3 Å². The Kier molecular flexibility index (Phi) is 7.95. The Balaban J connectivity index is 1.49. The summed E-state index contributed by atoms with van der Waals surface area (Å²) < 4.78 is 22.3. The number of ether oxygens (including phenoxy) is 3. The van der Waals surface area contributed by atoms with Crippen molar-refractivity contribution in [2.75, 3.05) is 39.7 Å². The number of carbonyl (C=O) groups is 1. The van der Waals surface area contributed by atoms with E-state index >= 15 is 0 Å². The van der Waals surface area contributed by atoms with E-state index in [4.69, 9.17) is 18.6 Å². The van der Waals surface area contributed by atoms with Crippen molar-refractivity contribution in [3.8, 4) is 17.2 Å². The van der Waals surface area contributed by atoms with Crippen LogP contribution in [-0.4, -0.2) is 45.2 Å². The van der Waals surface area contributed by atoms with Gasteiger partial charge in [0.25, 0.3) is 5.91 Å². The molecule has 0 saturated heterocycles. The normalized spacial score (nSPS) is 10.7. The van der Waals surface area contributed by atoms with Gasteiger partial charge in [-0.3, -0.25) is 4.79 Å². The maximum Gasteiger partial charge on any atom is 0.291 e. The number of benzene rings is 2. The van der Waals surface area contributed by atoms with Crippen LogP contribution < -0.4 is 19.5 Å². The van der Waals surface area contributed by atoms with Gasteiger partial charge < -0.3 is 28.8 Å². The molecule has 0 saturated carbocycles. The number of amides is 1. The number of rotatable bonds is 11. The molecular formula is C24H28N2O5. The standard InChI is InChI=1S/C24H28N2O5/c1-26(2)15-6-16-29-19-11-9-18(10-12-19)25-24(27)23-14-13-20(31-23)17-30-22-8-5-4-7-21(22)28-3/h4-5,7-14H,6,15-17H2,1-3H3,(H,25,27). The predicted molar refractivity (Wildman–Crippen MR) is 119 cm³/mol. The van der Waals surface area contributed by atoms with E-state index in [2.05, 4.69) is 10.2 Å². The number of hydrogen-bond donors (Lipinski definition) is 1. The molecule has 1 amide bonds. The summed E-state index contributed by atoms with van der Waals surface area (Å²) in [5, 5.41) is 2.82. The van der Waals surface area contributed by atoms with Gasteiger partial charge in [0.1, 0.15) is 18.1 Å². The Labute approximate surface area is 182 Å². The third-order valence-electron chi connectivity index (χ3n) is 4.46. The van der Waals surface area contributed by atoms with Gasteiger partial charge in [-0.25, -0.2) is 0 Å². The molecule has 31 heavy (non-hydrogen) atoms. The van der Waals surface area contributed by atoms with E-state index < -0.39 is 0 Å². The smallest absolute Gasteiger partial charge is 0.291 e. The van der Waals surface area contributed by atoms with Crippen LogP contribution in [0.2, 0.25) is 0 Å². The molecule has 0 aliphatic rings. The topological polar surface area (TPSA) is 73.2 Å². The van der Waals surface area contributed by atoms with Gasteiger partial charge in [0, 0.05) is 12.2 Å². The summed E-state index contributed by atoms with van der Waals surface area (Å²) in [6.07, 6.45) is 0.951. The van der Waals surface area contributed by atoms with Gasteiger partial charge in [-0.05, 0) is 69.0 Å². The molecule has 0 aliphatic carbocycles. The molecular weight excluding hydrogens is 396 g/mol. The fourth-order valence-corrected chi connectivity index (χ4v) is 2.86. The lowest BCUT2D eigenvalue weighted by atomic mass is 10.3. The van der Waals surface area contributed by atoms with Gasteiger partial charge >= 0.3 is 0 Å². The lowest BCUT2D eigenvalue weighted by molar-refractivity contribution is 0.0992. The Morgan fingerprint density at radius 2 is 1.71 bits per heavy atom. The number of furan rings is 1. The predicted octanol–water partition coefficient (Wildman–Crippen LogP) is 4.45. The number of nitrogens with zero attached hydrogens (tertiary/aromatic N) is 1. The molecule has 0 spiro atoms. The van der Waals surface area contributed by atoms with Crippen LogP contribution in [0, 0.1) is 0 Å². The molecule has 2 aromatic carbocycles. The van der Waals surface area contributed by atoms with Gasteiger partial charge in [0.2, 0.25) is 0 Å². The Hall–Kier alpha value is -3.45. The van der Waals surface area contributed by atoms with E-state index in [1.54, 1.807) is 31.4 Å². The summed E-state index contributed by atoms with van der Waals surface area (Å²) in [6, 6.07) is 18.0. The van der Waals surface area contributed by atoms with Crippen LogP contribution in [0.4, 0.5) is 5.69 Å². The van der Waals surface area contributed by atoms with E-state index in [0.29, 0.717) is 29.6 Å². The lowest BCUT2D eigenvalue weighted by Crippen LogP contribution is -2.15. The number of nitrogens with one attached hydrogen (secondary N) is 1. The molecule has 1 aromatic heterocycles. The largest absolute Gasteiger partial charge is 0.494 e. The van der Waals surface area contributed by atoms with Crippen LogP contribution in [0.15, 0.2) is 65.1 Å². The molecule has 0 bridgehead atoms. The molecule has 1 heterocycles. The maximum atomic E-state index is 12.5. The van der Waals surface area contributed by atoms with Gasteiger partial charge in [-0.15, -0.1) is 0 Å². The van der Waals surface area contributed by atoms with Gasteiger partial charge in [0.05, 0.1) is 13.7 Å². The highest BCUT2D eigenvalue weighted by atomic mass is 16.5.